The second kappa shape index (κ2) is 10.6. The van der Waals surface area contributed by atoms with Crippen LogP contribution in [0.1, 0.15) is 29.9 Å². The fourth-order valence-corrected chi connectivity index (χ4v) is 5.79. The van der Waals surface area contributed by atoms with Gasteiger partial charge in [-0.1, -0.05) is 48.5 Å². The van der Waals surface area contributed by atoms with Crippen molar-refractivity contribution in [2.45, 2.75) is 25.1 Å². The normalized spacial score (nSPS) is 19.2. The number of rotatable bonds is 4. The summed E-state index contributed by atoms with van der Waals surface area (Å²) in [6.07, 6.45) is -3.03. The van der Waals surface area contributed by atoms with Gasteiger partial charge in [-0.2, -0.15) is 0 Å². The molecule has 1 heterocycles. The molecular formula is C27H25F3N4O3S. The highest BCUT2D eigenvalue weighted by Gasteiger charge is 2.37. The number of piperidine rings is 1. The van der Waals surface area contributed by atoms with E-state index in [1.165, 1.54) is 34.4 Å². The zero-order valence-corrected chi connectivity index (χ0v) is 21.0. The largest absolute Gasteiger partial charge is 0.573 e. The van der Waals surface area contributed by atoms with Crippen LogP contribution in [-0.4, -0.2) is 44.8 Å². The molecule has 7 nitrogen and oxygen atoms in total. The van der Waals surface area contributed by atoms with Gasteiger partial charge in [0.15, 0.2) is 11.7 Å². The first kappa shape index (κ1) is 25.9. The summed E-state index contributed by atoms with van der Waals surface area (Å²) in [7, 11) is 0. The van der Waals surface area contributed by atoms with Gasteiger partial charge in [0.25, 0.3) is 11.3 Å². The van der Waals surface area contributed by atoms with Crippen LogP contribution >= 0.6 is 0 Å². The van der Waals surface area contributed by atoms with E-state index in [1.54, 1.807) is 0 Å². The van der Waals surface area contributed by atoms with Crippen LogP contribution in [0.15, 0.2) is 82.2 Å². The molecule has 5 rings (SSSR count). The Morgan fingerprint density at radius 1 is 1.00 bits per heavy atom. The number of fused-ring (bicyclic) bond motifs is 3. The van der Waals surface area contributed by atoms with Gasteiger partial charge >= 0.3 is 6.36 Å². The third kappa shape index (κ3) is 5.58. The van der Waals surface area contributed by atoms with Crippen molar-refractivity contribution in [2.24, 2.45) is 21.0 Å². The molecule has 1 aliphatic heterocycles. The molecule has 38 heavy (non-hydrogen) atoms. The van der Waals surface area contributed by atoms with Gasteiger partial charge in [0.2, 0.25) is 0 Å². The van der Waals surface area contributed by atoms with Crippen LogP contribution in [0.4, 0.5) is 18.9 Å². The predicted molar refractivity (Wildman–Crippen MR) is 141 cm³/mol. The van der Waals surface area contributed by atoms with E-state index in [9.17, 15) is 21.9 Å². The van der Waals surface area contributed by atoms with E-state index in [0.29, 0.717) is 13.1 Å². The van der Waals surface area contributed by atoms with Crippen LogP contribution in [0, 0.1) is 5.92 Å². The first-order valence-corrected chi connectivity index (χ1v) is 13.1. The Balaban J connectivity index is 1.41. The average Bonchev–Trinajstić information content (AvgIpc) is 3.22. The molecule has 0 amide bonds. The quantitative estimate of drug-likeness (QED) is 0.253. The third-order valence-electron chi connectivity index (χ3n) is 6.82. The van der Waals surface area contributed by atoms with Crippen LogP contribution < -0.4 is 10.5 Å². The van der Waals surface area contributed by atoms with Crippen LogP contribution in [-0.2, 0) is 11.3 Å². The minimum atomic E-state index is -4.81. The summed E-state index contributed by atoms with van der Waals surface area (Å²) in [5.74, 6) is -0.0743. The SMILES string of the molecule is NC(=Nc1ccc(OC(F)(F)F)cc1)C(=NS(=O)O)N1CCCC(C2c3ccccc3-c3ccccc32)C1. The van der Waals surface area contributed by atoms with Crippen molar-refractivity contribution in [3.8, 4) is 16.9 Å². The Morgan fingerprint density at radius 3 is 2.18 bits per heavy atom. The van der Waals surface area contributed by atoms with E-state index in [0.717, 1.165) is 25.0 Å². The topological polar surface area (TPSA) is 101 Å². The van der Waals surface area contributed by atoms with Crippen molar-refractivity contribution < 1.29 is 26.7 Å². The molecule has 2 aliphatic rings. The van der Waals surface area contributed by atoms with Crippen LogP contribution in [0.25, 0.3) is 11.1 Å². The number of hydrogen-bond donors (Lipinski definition) is 2. The van der Waals surface area contributed by atoms with Crippen molar-refractivity contribution in [3.05, 3.63) is 83.9 Å². The Morgan fingerprint density at radius 2 is 1.61 bits per heavy atom. The van der Waals surface area contributed by atoms with Gasteiger partial charge in [-0.15, -0.1) is 17.6 Å². The first-order chi connectivity index (χ1) is 18.2. The van der Waals surface area contributed by atoms with Gasteiger partial charge in [-0.3, -0.25) is 4.55 Å². The maximum atomic E-state index is 12.4. The second-order valence-electron chi connectivity index (χ2n) is 9.18. The predicted octanol–water partition coefficient (Wildman–Crippen LogP) is 5.63. The summed E-state index contributed by atoms with van der Waals surface area (Å²) in [6.45, 7) is 1.11. The van der Waals surface area contributed by atoms with Crippen LogP contribution in [0.3, 0.4) is 0 Å². The molecule has 0 radical (unpaired) electrons. The molecule has 2 atom stereocenters. The molecule has 11 heteroatoms. The Labute approximate surface area is 220 Å². The Hall–Kier alpha value is -3.70. The molecule has 3 aromatic rings. The molecule has 0 spiro atoms. The summed E-state index contributed by atoms with van der Waals surface area (Å²) in [4.78, 5) is 6.13. The molecule has 1 saturated heterocycles. The fraction of sp³-hybridized carbons (Fsp3) is 0.259. The number of benzene rings is 3. The Kier molecular flexibility index (Phi) is 7.22. The van der Waals surface area contributed by atoms with Crippen LogP contribution in [0.2, 0.25) is 0 Å². The van der Waals surface area contributed by atoms with Gasteiger partial charge in [-0.25, -0.2) is 9.20 Å². The molecule has 2 unspecified atom stereocenters. The number of likely N-dealkylation sites (tertiary alicyclic amines) is 1. The van der Waals surface area contributed by atoms with Gasteiger partial charge in [0.05, 0.1) is 5.69 Å². The van der Waals surface area contributed by atoms with E-state index in [2.05, 4.69) is 38.4 Å². The fourth-order valence-electron chi connectivity index (χ4n) is 5.43. The van der Waals surface area contributed by atoms with Gasteiger partial charge < -0.3 is 15.4 Å². The summed E-state index contributed by atoms with van der Waals surface area (Å²) in [6, 6.07) is 21.6. The molecule has 3 aromatic carbocycles. The number of amidine groups is 2. The van der Waals surface area contributed by atoms with Crippen molar-refractivity contribution in [2.75, 3.05) is 13.1 Å². The summed E-state index contributed by atoms with van der Waals surface area (Å²) >= 11 is -2.54. The van der Waals surface area contributed by atoms with E-state index < -0.39 is 23.4 Å². The van der Waals surface area contributed by atoms with Crippen molar-refractivity contribution in [1.82, 2.24) is 4.90 Å². The van der Waals surface area contributed by atoms with Crippen molar-refractivity contribution in [1.29, 1.82) is 0 Å². The number of ether oxygens (including phenoxy) is 1. The van der Waals surface area contributed by atoms with E-state index in [-0.39, 0.29) is 29.2 Å². The number of hydrogen-bond acceptors (Lipinski definition) is 3. The van der Waals surface area contributed by atoms with E-state index >= 15 is 0 Å². The molecule has 1 fully saturated rings. The zero-order chi connectivity index (χ0) is 26.9. The second-order valence-corrected chi connectivity index (χ2v) is 9.83. The monoisotopic (exact) mass is 542 g/mol. The molecule has 0 saturated carbocycles. The highest BCUT2D eigenvalue weighted by Crippen LogP contribution is 2.49. The highest BCUT2D eigenvalue weighted by molar-refractivity contribution is 7.78. The lowest BCUT2D eigenvalue weighted by Crippen LogP contribution is -2.47. The third-order valence-corrected chi connectivity index (χ3v) is 7.15. The molecule has 198 valence electrons. The summed E-state index contributed by atoms with van der Waals surface area (Å²) in [5.41, 5.74) is 11.4. The van der Waals surface area contributed by atoms with Crippen molar-refractivity contribution >= 4 is 28.6 Å². The van der Waals surface area contributed by atoms with Crippen LogP contribution in [0.5, 0.6) is 5.75 Å². The minimum Gasteiger partial charge on any atom is -0.406 e. The molecule has 0 bridgehead atoms. The minimum absolute atomic E-state index is 0.0747. The van der Waals surface area contributed by atoms with E-state index in [1.807, 2.05) is 29.2 Å². The molecule has 3 N–H and O–H groups in total. The maximum absolute atomic E-state index is 12.4. The molecular weight excluding hydrogens is 517 g/mol. The lowest BCUT2D eigenvalue weighted by atomic mass is 9.79. The maximum Gasteiger partial charge on any atom is 0.573 e. The molecule has 0 aromatic heterocycles. The van der Waals surface area contributed by atoms with Gasteiger partial charge in [0, 0.05) is 19.0 Å². The lowest BCUT2D eigenvalue weighted by molar-refractivity contribution is -0.274. The average molecular weight is 543 g/mol. The summed E-state index contributed by atoms with van der Waals surface area (Å²) in [5, 5.41) is 0. The van der Waals surface area contributed by atoms with Gasteiger partial charge in [0.1, 0.15) is 5.75 Å². The number of aliphatic imine (C=N–C) groups is 1. The standard InChI is InChI=1S/C27H25F3N4O3S/c28-27(29,30)37-19-13-11-18(12-14-19)32-25(31)26(33-38(35)36)34-15-5-6-17(16-34)24-22-9-3-1-7-20(22)21-8-2-4-10-23(21)24/h1-4,7-14,17,24H,5-6,15-16H2,(H2,31,32)(H,35,36). The number of halogens is 3. The summed E-state index contributed by atoms with van der Waals surface area (Å²) < 4.78 is 66.4. The highest BCUT2D eigenvalue weighted by atomic mass is 32.2. The zero-order valence-electron chi connectivity index (χ0n) is 20.1. The van der Waals surface area contributed by atoms with Gasteiger partial charge in [-0.05, 0) is 65.3 Å². The van der Waals surface area contributed by atoms with E-state index in [4.69, 9.17) is 5.73 Å². The Bertz CT molecular complexity index is 1360. The number of nitrogens with two attached hydrogens (primary N) is 1. The van der Waals surface area contributed by atoms with Crippen molar-refractivity contribution in [3.63, 3.8) is 0 Å². The number of nitrogens with zero attached hydrogens (tertiary/aromatic N) is 3. The first-order valence-electron chi connectivity index (χ1n) is 12.0. The number of alkyl halides is 3. The lowest BCUT2D eigenvalue weighted by Gasteiger charge is -2.37. The smallest absolute Gasteiger partial charge is 0.406 e. The molecule has 1 aliphatic carbocycles.